The molecule has 3 aromatic rings. The highest BCUT2D eigenvalue weighted by Crippen LogP contribution is 2.28. The molecule has 0 amide bonds. The van der Waals surface area contributed by atoms with Gasteiger partial charge in [0.25, 0.3) is 0 Å². The largest absolute Gasteiger partial charge is 0.370 e. The summed E-state index contributed by atoms with van der Waals surface area (Å²) in [5, 5.41) is 4.57. The summed E-state index contributed by atoms with van der Waals surface area (Å²) in [5.74, 6) is -0.417. The van der Waals surface area contributed by atoms with E-state index in [1.165, 1.54) is 28.1 Å². The summed E-state index contributed by atoms with van der Waals surface area (Å²) in [6, 6.07) is 12.1. The number of aromatic nitrogens is 2. The van der Waals surface area contributed by atoms with Gasteiger partial charge in [0, 0.05) is 37.8 Å². The van der Waals surface area contributed by atoms with Gasteiger partial charge in [-0.1, -0.05) is 29.8 Å². The van der Waals surface area contributed by atoms with E-state index in [4.69, 9.17) is 4.74 Å². The van der Waals surface area contributed by atoms with E-state index in [9.17, 15) is 12.8 Å². The van der Waals surface area contributed by atoms with E-state index in [2.05, 4.69) is 5.10 Å². The predicted molar refractivity (Wildman–Crippen MR) is 115 cm³/mol. The Bertz CT molecular complexity index is 1200. The van der Waals surface area contributed by atoms with E-state index in [0.29, 0.717) is 31.7 Å². The Balaban J connectivity index is 1.51. The standard InChI is InChI=1S/C23H26FN3O3S/c1-16-4-6-18(7-5-16)14-30-15-22-20-13-27(11-10-23(20)26(3)25-22)31(28,29)19-8-9-21(24)17(2)12-19/h4-9,12H,10-11,13-15H2,1-3H3. The zero-order valence-electron chi connectivity index (χ0n) is 17.9. The van der Waals surface area contributed by atoms with E-state index in [1.807, 2.05) is 42.9 Å². The first-order valence-electron chi connectivity index (χ1n) is 10.2. The van der Waals surface area contributed by atoms with Crippen LogP contribution in [0.5, 0.6) is 0 Å². The van der Waals surface area contributed by atoms with Crippen molar-refractivity contribution in [1.82, 2.24) is 14.1 Å². The Labute approximate surface area is 182 Å². The molecule has 6 nitrogen and oxygen atoms in total. The second kappa shape index (κ2) is 8.53. The van der Waals surface area contributed by atoms with Crippen molar-refractivity contribution in [3.8, 4) is 0 Å². The van der Waals surface area contributed by atoms with Crippen LogP contribution in [0.4, 0.5) is 4.39 Å². The summed E-state index contributed by atoms with van der Waals surface area (Å²) in [6.07, 6.45) is 0.566. The third-order valence-electron chi connectivity index (χ3n) is 5.69. The molecule has 1 aliphatic heterocycles. The highest BCUT2D eigenvalue weighted by atomic mass is 32.2. The second-order valence-corrected chi connectivity index (χ2v) is 9.91. The second-order valence-electron chi connectivity index (χ2n) is 7.97. The molecule has 0 fully saturated rings. The molecule has 0 unspecified atom stereocenters. The molecule has 164 valence electrons. The van der Waals surface area contributed by atoms with Crippen LogP contribution in [-0.2, 0) is 48.0 Å². The molecule has 1 aromatic heterocycles. The highest BCUT2D eigenvalue weighted by Gasteiger charge is 2.32. The van der Waals surface area contributed by atoms with Crippen molar-refractivity contribution in [3.63, 3.8) is 0 Å². The zero-order chi connectivity index (χ0) is 22.2. The topological polar surface area (TPSA) is 64.4 Å². The number of ether oxygens (including phenoxy) is 1. The van der Waals surface area contributed by atoms with Gasteiger partial charge in [-0.05, 0) is 43.2 Å². The SMILES string of the molecule is Cc1ccc(COCc2nn(C)c3c2CN(S(=O)(=O)c2ccc(F)c(C)c2)CC3)cc1. The summed E-state index contributed by atoms with van der Waals surface area (Å²) < 4.78 is 49.0. The molecular formula is C23H26FN3O3S. The Hall–Kier alpha value is -2.55. The number of hydrogen-bond donors (Lipinski definition) is 0. The lowest BCUT2D eigenvalue weighted by molar-refractivity contribution is 0.103. The smallest absolute Gasteiger partial charge is 0.243 e. The van der Waals surface area contributed by atoms with Gasteiger partial charge in [-0.25, -0.2) is 12.8 Å². The molecule has 0 radical (unpaired) electrons. The molecule has 2 aromatic carbocycles. The number of hydrogen-bond acceptors (Lipinski definition) is 4. The predicted octanol–water partition coefficient (Wildman–Crippen LogP) is 3.64. The average molecular weight is 444 g/mol. The van der Waals surface area contributed by atoms with Crippen molar-refractivity contribution >= 4 is 10.0 Å². The van der Waals surface area contributed by atoms with Crippen molar-refractivity contribution < 1.29 is 17.5 Å². The van der Waals surface area contributed by atoms with Crippen LogP contribution in [-0.4, -0.2) is 29.0 Å². The van der Waals surface area contributed by atoms with Gasteiger partial charge in [0.15, 0.2) is 0 Å². The van der Waals surface area contributed by atoms with Crippen LogP contribution in [0.3, 0.4) is 0 Å². The van der Waals surface area contributed by atoms with Crippen molar-refractivity contribution in [2.45, 2.75) is 44.9 Å². The van der Waals surface area contributed by atoms with Crippen LogP contribution >= 0.6 is 0 Å². The van der Waals surface area contributed by atoms with Gasteiger partial charge in [-0.3, -0.25) is 4.68 Å². The molecule has 2 heterocycles. The van der Waals surface area contributed by atoms with E-state index < -0.39 is 15.8 Å². The minimum absolute atomic E-state index is 0.107. The maximum absolute atomic E-state index is 13.6. The van der Waals surface area contributed by atoms with Gasteiger partial charge in [0.2, 0.25) is 10.0 Å². The average Bonchev–Trinajstić information content (AvgIpc) is 3.06. The maximum atomic E-state index is 13.6. The van der Waals surface area contributed by atoms with Crippen LogP contribution in [0.2, 0.25) is 0 Å². The molecule has 0 N–H and O–H groups in total. The minimum Gasteiger partial charge on any atom is -0.370 e. The minimum atomic E-state index is -3.73. The fourth-order valence-electron chi connectivity index (χ4n) is 3.84. The third kappa shape index (κ3) is 4.42. The number of halogens is 1. The fourth-order valence-corrected chi connectivity index (χ4v) is 5.34. The van der Waals surface area contributed by atoms with Crippen molar-refractivity contribution in [1.29, 1.82) is 0 Å². The number of nitrogens with zero attached hydrogens (tertiary/aromatic N) is 3. The zero-order valence-corrected chi connectivity index (χ0v) is 18.7. The number of fused-ring (bicyclic) bond motifs is 1. The lowest BCUT2D eigenvalue weighted by Gasteiger charge is -2.27. The fraction of sp³-hybridized carbons (Fsp3) is 0.348. The molecule has 0 bridgehead atoms. The van der Waals surface area contributed by atoms with E-state index >= 15 is 0 Å². The van der Waals surface area contributed by atoms with Gasteiger partial charge in [-0.2, -0.15) is 9.40 Å². The van der Waals surface area contributed by atoms with Gasteiger partial charge in [0.1, 0.15) is 5.82 Å². The monoisotopic (exact) mass is 443 g/mol. The molecule has 0 atom stereocenters. The quantitative estimate of drug-likeness (QED) is 0.584. The summed E-state index contributed by atoms with van der Waals surface area (Å²) >= 11 is 0. The molecule has 1 aliphatic rings. The Morgan fingerprint density at radius 2 is 1.84 bits per heavy atom. The molecule has 31 heavy (non-hydrogen) atoms. The van der Waals surface area contributed by atoms with E-state index in [-0.39, 0.29) is 11.4 Å². The van der Waals surface area contributed by atoms with Crippen molar-refractivity contribution in [2.75, 3.05) is 6.54 Å². The van der Waals surface area contributed by atoms with Gasteiger partial charge in [0.05, 0.1) is 23.8 Å². The number of benzene rings is 2. The van der Waals surface area contributed by atoms with E-state index in [0.717, 1.165) is 22.5 Å². The number of rotatable bonds is 6. The number of aryl methyl sites for hydroxylation is 3. The van der Waals surface area contributed by atoms with Crippen LogP contribution in [0.1, 0.15) is 33.6 Å². The van der Waals surface area contributed by atoms with Crippen LogP contribution < -0.4 is 0 Å². The van der Waals surface area contributed by atoms with Crippen molar-refractivity contribution in [3.05, 3.63) is 81.9 Å². The van der Waals surface area contributed by atoms with Crippen LogP contribution in [0.25, 0.3) is 0 Å². The molecule has 8 heteroatoms. The van der Waals surface area contributed by atoms with Gasteiger partial charge >= 0.3 is 0 Å². The lowest BCUT2D eigenvalue weighted by Crippen LogP contribution is -2.36. The highest BCUT2D eigenvalue weighted by molar-refractivity contribution is 7.89. The maximum Gasteiger partial charge on any atom is 0.243 e. The summed E-state index contributed by atoms with van der Waals surface area (Å²) in [5.41, 5.74) is 5.24. The molecule has 0 saturated heterocycles. The van der Waals surface area contributed by atoms with Crippen molar-refractivity contribution in [2.24, 2.45) is 7.05 Å². The number of sulfonamides is 1. The Morgan fingerprint density at radius 1 is 1.10 bits per heavy atom. The first-order chi connectivity index (χ1) is 14.8. The first-order valence-corrected chi connectivity index (χ1v) is 11.6. The first kappa shape index (κ1) is 21.7. The summed E-state index contributed by atoms with van der Waals surface area (Å²) in [7, 11) is -1.86. The molecule has 0 spiro atoms. The Morgan fingerprint density at radius 3 is 2.55 bits per heavy atom. The van der Waals surface area contributed by atoms with Gasteiger partial charge in [-0.15, -0.1) is 0 Å². The molecule has 0 saturated carbocycles. The summed E-state index contributed by atoms with van der Waals surface area (Å²) in [4.78, 5) is 0.107. The molecular weight excluding hydrogens is 417 g/mol. The Kier molecular flexibility index (Phi) is 5.96. The lowest BCUT2D eigenvalue weighted by atomic mass is 10.1. The van der Waals surface area contributed by atoms with Gasteiger partial charge < -0.3 is 4.74 Å². The normalized spacial score (nSPS) is 14.6. The molecule has 0 aliphatic carbocycles. The third-order valence-corrected chi connectivity index (χ3v) is 7.53. The summed E-state index contributed by atoms with van der Waals surface area (Å²) in [6.45, 7) is 4.95. The van der Waals surface area contributed by atoms with Crippen LogP contribution in [0, 0.1) is 19.7 Å². The molecule has 4 rings (SSSR count). The van der Waals surface area contributed by atoms with Crippen LogP contribution in [0.15, 0.2) is 47.4 Å². The van der Waals surface area contributed by atoms with E-state index in [1.54, 1.807) is 6.92 Å².